The highest BCUT2D eigenvalue weighted by Gasteiger charge is 2.20. The van der Waals surface area contributed by atoms with Crippen molar-refractivity contribution < 1.29 is 14.6 Å². The Bertz CT molecular complexity index is 208. The molecule has 1 aliphatic carbocycles. The summed E-state index contributed by atoms with van der Waals surface area (Å²) < 4.78 is 10.9. The highest BCUT2D eigenvalue weighted by Crippen LogP contribution is 2.28. The van der Waals surface area contributed by atoms with Gasteiger partial charge in [-0.25, -0.2) is 0 Å². The Kier molecular flexibility index (Phi) is 9.43. The van der Waals surface area contributed by atoms with Gasteiger partial charge in [0.15, 0.2) is 0 Å². The van der Waals surface area contributed by atoms with Gasteiger partial charge in [0.25, 0.3) is 0 Å². The van der Waals surface area contributed by atoms with Crippen LogP contribution in [0, 0.1) is 11.8 Å². The van der Waals surface area contributed by atoms with Crippen molar-refractivity contribution in [2.75, 3.05) is 39.5 Å². The smallest absolute Gasteiger partial charge is 0.0897 e. The summed E-state index contributed by atoms with van der Waals surface area (Å²) in [5.74, 6) is 1.55. The summed E-state index contributed by atoms with van der Waals surface area (Å²) in [5, 5.41) is 12.9. The summed E-state index contributed by atoms with van der Waals surface area (Å²) in [4.78, 5) is 0. The molecule has 1 aliphatic rings. The molecule has 1 fully saturated rings. The molecule has 114 valence electrons. The third kappa shape index (κ3) is 11.4. The summed E-state index contributed by atoms with van der Waals surface area (Å²) >= 11 is 0. The van der Waals surface area contributed by atoms with Gasteiger partial charge in [0.1, 0.15) is 0 Å². The first kappa shape index (κ1) is 16.9. The zero-order chi connectivity index (χ0) is 13.9. The van der Waals surface area contributed by atoms with Crippen LogP contribution in [-0.4, -0.2) is 50.7 Å². The lowest BCUT2D eigenvalue weighted by Gasteiger charge is -2.13. The molecule has 19 heavy (non-hydrogen) atoms. The zero-order valence-corrected chi connectivity index (χ0v) is 12.6. The number of hydrogen-bond donors (Lipinski definition) is 2. The van der Waals surface area contributed by atoms with Crippen LogP contribution < -0.4 is 5.32 Å². The first-order chi connectivity index (χ1) is 9.18. The van der Waals surface area contributed by atoms with Crippen molar-refractivity contribution in [3.8, 4) is 0 Å². The molecular weight excluding hydrogens is 242 g/mol. The van der Waals surface area contributed by atoms with E-state index in [1.54, 1.807) is 0 Å². The monoisotopic (exact) mass is 273 g/mol. The summed E-state index contributed by atoms with van der Waals surface area (Å²) in [6, 6.07) is 0. The molecule has 0 aromatic heterocycles. The van der Waals surface area contributed by atoms with Gasteiger partial charge in [-0.1, -0.05) is 13.8 Å². The molecule has 0 aromatic carbocycles. The summed E-state index contributed by atoms with van der Waals surface area (Å²) in [6.45, 7) is 8.62. The van der Waals surface area contributed by atoms with E-state index in [-0.39, 0.29) is 0 Å². The quantitative estimate of drug-likeness (QED) is 0.503. The molecule has 1 atom stereocenters. The predicted molar refractivity (Wildman–Crippen MR) is 77.3 cm³/mol. The second-order valence-corrected chi connectivity index (χ2v) is 5.99. The lowest BCUT2D eigenvalue weighted by atomic mass is 10.1. The third-order valence-corrected chi connectivity index (χ3v) is 3.23. The fraction of sp³-hybridized carbons (Fsp3) is 1.00. The Hall–Kier alpha value is -0.160. The second-order valence-electron chi connectivity index (χ2n) is 5.99. The Labute approximate surface area is 117 Å². The minimum atomic E-state index is -0.414. The number of aliphatic hydroxyl groups is 1. The molecule has 2 N–H and O–H groups in total. The molecule has 0 spiro atoms. The maximum Gasteiger partial charge on any atom is 0.0897 e. The normalized spacial score (nSPS) is 17.1. The van der Waals surface area contributed by atoms with Crippen molar-refractivity contribution in [3.63, 3.8) is 0 Å². The van der Waals surface area contributed by atoms with E-state index in [0.29, 0.717) is 13.2 Å². The van der Waals surface area contributed by atoms with Gasteiger partial charge in [-0.2, -0.15) is 0 Å². The van der Waals surface area contributed by atoms with Crippen molar-refractivity contribution in [3.05, 3.63) is 0 Å². The SMILES string of the molecule is CC(C)CCCOCC(O)CNCCOCC1CC1. The summed E-state index contributed by atoms with van der Waals surface area (Å²) in [7, 11) is 0. The van der Waals surface area contributed by atoms with Crippen molar-refractivity contribution in [1.82, 2.24) is 5.32 Å². The van der Waals surface area contributed by atoms with Crippen LogP contribution in [0.25, 0.3) is 0 Å². The standard InChI is InChI=1S/C15H31NO3/c1-13(2)4-3-8-18-12-15(17)10-16-7-9-19-11-14-5-6-14/h13-17H,3-12H2,1-2H3. The highest BCUT2D eigenvalue weighted by atomic mass is 16.5. The van der Waals surface area contributed by atoms with Gasteiger partial charge in [0, 0.05) is 26.3 Å². The van der Waals surface area contributed by atoms with Crippen LogP contribution in [0.15, 0.2) is 0 Å². The van der Waals surface area contributed by atoms with Crippen LogP contribution in [0.4, 0.5) is 0 Å². The second kappa shape index (κ2) is 10.6. The fourth-order valence-electron chi connectivity index (χ4n) is 1.82. The van der Waals surface area contributed by atoms with Gasteiger partial charge in [0.2, 0.25) is 0 Å². The molecular formula is C15H31NO3. The van der Waals surface area contributed by atoms with E-state index >= 15 is 0 Å². The van der Waals surface area contributed by atoms with E-state index in [4.69, 9.17) is 9.47 Å². The van der Waals surface area contributed by atoms with Crippen LogP contribution in [0.1, 0.15) is 39.5 Å². The number of ether oxygens (including phenoxy) is 2. The van der Waals surface area contributed by atoms with Crippen LogP contribution >= 0.6 is 0 Å². The van der Waals surface area contributed by atoms with Crippen LogP contribution in [0.2, 0.25) is 0 Å². The number of nitrogens with one attached hydrogen (secondary N) is 1. The van der Waals surface area contributed by atoms with Crippen LogP contribution in [0.5, 0.6) is 0 Å². The van der Waals surface area contributed by atoms with Crippen LogP contribution in [0.3, 0.4) is 0 Å². The molecule has 4 nitrogen and oxygen atoms in total. The fourth-order valence-corrected chi connectivity index (χ4v) is 1.82. The topological polar surface area (TPSA) is 50.7 Å². The molecule has 0 radical (unpaired) electrons. The molecule has 1 rings (SSSR count). The molecule has 1 saturated carbocycles. The molecule has 0 heterocycles. The zero-order valence-electron chi connectivity index (χ0n) is 12.6. The maximum atomic E-state index is 9.68. The lowest BCUT2D eigenvalue weighted by molar-refractivity contribution is 0.0334. The Balaban J connectivity index is 1.75. The Morgan fingerprint density at radius 2 is 2.00 bits per heavy atom. The van der Waals surface area contributed by atoms with Gasteiger partial charge in [-0.05, 0) is 37.5 Å². The minimum absolute atomic E-state index is 0.414. The average molecular weight is 273 g/mol. The molecule has 0 amide bonds. The van der Waals surface area contributed by atoms with E-state index in [1.807, 2.05) is 0 Å². The lowest BCUT2D eigenvalue weighted by Crippen LogP contribution is -2.32. The van der Waals surface area contributed by atoms with Gasteiger partial charge < -0.3 is 19.9 Å². The third-order valence-electron chi connectivity index (χ3n) is 3.23. The first-order valence-corrected chi connectivity index (χ1v) is 7.72. The van der Waals surface area contributed by atoms with E-state index in [0.717, 1.165) is 44.6 Å². The summed E-state index contributed by atoms with van der Waals surface area (Å²) in [5.41, 5.74) is 0. The molecule has 1 unspecified atom stereocenters. The van der Waals surface area contributed by atoms with E-state index < -0.39 is 6.10 Å². The maximum absolute atomic E-state index is 9.68. The molecule has 0 aromatic rings. The van der Waals surface area contributed by atoms with Crippen molar-refractivity contribution in [2.24, 2.45) is 11.8 Å². The highest BCUT2D eigenvalue weighted by molar-refractivity contribution is 4.72. The van der Waals surface area contributed by atoms with Gasteiger partial charge in [0.05, 0.1) is 19.3 Å². The Morgan fingerprint density at radius 3 is 2.68 bits per heavy atom. The first-order valence-electron chi connectivity index (χ1n) is 7.72. The van der Waals surface area contributed by atoms with Gasteiger partial charge >= 0.3 is 0 Å². The van der Waals surface area contributed by atoms with Gasteiger partial charge in [-0.3, -0.25) is 0 Å². The predicted octanol–water partition coefficient (Wildman–Crippen LogP) is 1.82. The van der Waals surface area contributed by atoms with Crippen LogP contribution in [-0.2, 0) is 9.47 Å². The van der Waals surface area contributed by atoms with Crippen molar-refractivity contribution >= 4 is 0 Å². The van der Waals surface area contributed by atoms with Gasteiger partial charge in [-0.15, -0.1) is 0 Å². The largest absolute Gasteiger partial charge is 0.389 e. The number of aliphatic hydroxyl groups excluding tert-OH is 1. The van der Waals surface area contributed by atoms with E-state index in [2.05, 4.69) is 19.2 Å². The van der Waals surface area contributed by atoms with Crippen molar-refractivity contribution in [1.29, 1.82) is 0 Å². The van der Waals surface area contributed by atoms with E-state index in [1.165, 1.54) is 19.3 Å². The average Bonchev–Trinajstić information content (AvgIpc) is 3.16. The number of rotatable bonds is 13. The number of hydrogen-bond acceptors (Lipinski definition) is 4. The molecule has 0 saturated heterocycles. The molecule has 4 heteroatoms. The summed E-state index contributed by atoms with van der Waals surface area (Å²) in [6.07, 6.45) is 4.52. The van der Waals surface area contributed by atoms with E-state index in [9.17, 15) is 5.11 Å². The molecule has 0 bridgehead atoms. The Morgan fingerprint density at radius 1 is 1.21 bits per heavy atom. The van der Waals surface area contributed by atoms with Crippen molar-refractivity contribution in [2.45, 2.75) is 45.6 Å². The molecule has 0 aliphatic heterocycles. The minimum Gasteiger partial charge on any atom is -0.389 e.